The highest BCUT2D eigenvalue weighted by Crippen LogP contribution is 2.32. The van der Waals surface area contributed by atoms with Crippen molar-refractivity contribution in [2.75, 3.05) is 6.61 Å². The summed E-state index contributed by atoms with van der Waals surface area (Å²) in [5, 5.41) is 9.55. The second kappa shape index (κ2) is 4.45. The van der Waals surface area contributed by atoms with Crippen LogP contribution in [0.3, 0.4) is 0 Å². The van der Waals surface area contributed by atoms with E-state index in [1.165, 1.54) is 24.4 Å². The van der Waals surface area contributed by atoms with E-state index in [2.05, 4.69) is 32.3 Å². The molecule has 0 aliphatic carbocycles. The molecule has 1 N–H and O–H groups in total. The number of aliphatic hydroxyl groups is 1. The second-order valence-corrected chi connectivity index (χ2v) is 6.07. The molecule has 0 amide bonds. The van der Waals surface area contributed by atoms with E-state index in [-0.39, 0.29) is 12.0 Å². The van der Waals surface area contributed by atoms with E-state index >= 15 is 0 Å². The Hall–Kier alpha value is -0.830. The van der Waals surface area contributed by atoms with Crippen LogP contribution in [-0.2, 0) is 18.4 Å². The molecule has 1 aromatic rings. The van der Waals surface area contributed by atoms with Crippen LogP contribution in [0.25, 0.3) is 0 Å². The standard InChI is InChI=1S/C14H24N2O/c1-10(2)13-15-12(14(3,4)9-17)11-7-5-6-8-16(11)13/h10,17H,5-9H2,1-4H3. The van der Waals surface area contributed by atoms with Crippen LogP contribution < -0.4 is 0 Å². The number of hydrogen-bond acceptors (Lipinski definition) is 2. The Bertz CT molecular complexity index is 405. The highest BCUT2D eigenvalue weighted by molar-refractivity contribution is 5.27. The van der Waals surface area contributed by atoms with Crippen molar-refractivity contribution in [1.82, 2.24) is 9.55 Å². The number of aromatic nitrogens is 2. The van der Waals surface area contributed by atoms with Gasteiger partial charge < -0.3 is 9.67 Å². The highest BCUT2D eigenvalue weighted by atomic mass is 16.3. The van der Waals surface area contributed by atoms with Gasteiger partial charge in [0.1, 0.15) is 5.82 Å². The molecule has 0 spiro atoms. The summed E-state index contributed by atoms with van der Waals surface area (Å²) in [5.41, 5.74) is 2.25. The molecule has 3 heteroatoms. The Balaban J connectivity index is 2.53. The fourth-order valence-electron chi connectivity index (χ4n) is 2.63. The molecule has 2 rings (SSSR count). The molecule has 1 aromatic heterocycles. The van der Waals surface area contributed by atoms with E-state index in [1.807, 2.05) is 0 Å². The van der Waals surface area contributed by atoms with Crippen molar-refractivity contribution in [3.05, 3.63) is 17.2 Å². The molecular formula is C14H24N2O. The van der Waals surface area contributed by atoms with Crippen molar-refractivity contribution >= 4 is 0 Å². The van der Waals surface area contributed by atoms with Gasteiger partial charge in [0.25, 0.3) is 0 Å². The summed E-state index contributed by atoms with van der Waals surface area (Å²) in [6.07, 6.45) is 3.61. The van der Waals surface area contributed by atoms with Gasteiger partial charge in [0.2, 0.25) is 0 Å². The lowest BCUT2D eigenvalue weighted by Crippen LogP contribution is -2.25. The minimum absolute atomic E-state index is 0.161. The maximum absolute atomic E-state index is 9.55. The number of imidazole rings is 1. The smallest absolute Gasteiger partial charge is 0.111 e. The van der Waals surface area contributed by atoms with Crippen molar-refractivity contribution in [3.63, 3.8) is 0 Å². The molecule has 0 radical (unpaired) electrons. The Morgan fingerprint density at radius 3 is 2.65 bits per heavy atom. The fourth-order valence-corrected chi connectivity index (χ4v) is 2.63. The van der Waals surface area contributed by atoms with E-state index in [0.717, 1.165) is 18.7 Å². The fraction of sp³-hybridized carbons (Fsp3) is 0.786. The molecule has 0 saturated heterocycles. The zero-order valence-electron chi connectivity index (χ0n) is 11.5. The first-order chi connectivity index (χ1) is 7.97. The lowest BCUT2D eigenvalue weighted by molar-refractivity contribution is 0.214. The van der Waals surface area contributed by atoms with Gasteiger partial charge in [-0.05, 0) is 19.3 Å². The van der Waals surface area contributed by atoms with Gasteiger partial charge in [-0.2, -0.15) is 0 Å². The van der Waals surface area contributed by atoms with Crippen LogP contribution in [0.2, 0.25) is 0 Å². The normalized spacial score (nSPS) is 16.4. The van der Waals surface area contributed by atoms with Gasteiger partial charge in [-0.25, -0.2) is 4.98 Å². The third kappa shape index (κ3) is 2.13. The largest absolute Gasteiger partial charge is 0.395 e. The monoisotopic (exact) mass is 236 g/mol. The lowest BCUT2D eigenvalue weighted by Gasteiger charge is -2.24. The molecule has 96 valence electrons. The first-order valence-electron chi connectivity index (χ1n) is 6.68. The van der Waals surface area contributed by atoms with Crippen LogP contribution in [0.4, 0.5) is 0 Å². The highest BCUT2D eigenvalue weighted by Gasteiger charge is 2.30. The lowest BCUT2D eigenvalue weighted by atomic mass is 9.87. The van der Waals surface area contributed by atoms with Crippen molar-refractivity contribution in [1.29, 1.82) is 0 Å². The first kappa shape index (κ1) is 12.6. The Morgan fingerprint density at radius 2 is 2.06 bits per heavy atom. The molecule has 1 aliphatic rings. The van der Waals surface area contributed by atoms with Crippen molar-refractivity contribution in [2.45, 2.75) is 64.8 Å². The van der Waals surface area contributed by atoms with Crippen LogP contribution >= 0.6 is 0 Å². The van der Waals surface area contributed by atoms with Gasteiger partial charge in [-0.3, -0.25) is 0 Å². The molecule has 0 bridgehead atoms. The van der Waals surface area contributed by atoms with Crippen molar-refractivity contribution in [2.24, 2.45) is 0 Å². The van der Waals surface area contributed by atoms with Gasteiger partial charge in [-0.1, -0.05) is 27.7 Å². The molecule has 3 nitrogen and oxygen atoms in total. The SMILES string of the molecule is CC(C)c1nc(C(C)(C)CO)c2n1CCCC2. The summed E-state index contributed by atoms with van der Waals surface area (Å²) in [6.45, 7) is 9.80. The molecule has 0 atom stereocenters. The van der Waals surface area contributed by atoms with Crippen molar-refractivity contribution < 1.29 is 5.11 Å². The molecule has 17 heavy (non-hydrogen) atoms. The van der Waals surface area contributed by atoms with Crippen molar-refractivity contribution in [3.8, 4) is 0 Å². The summed E-state index contributed by atoms with van der Waals surface area (Å²) in [5.74, 6) is 1.64. The summed E-state index contributed by atoms with van der Waals surface area (Å²) in [6, 6.07) is 0. The second-order valence-electron chi connectivity index (χ2n) is 6.07. The zero-order chi connectivity index (χ0) is 12.6. The molecule has 0 fully saturated rings. The number of hydrogen-bond donors (Lipinski definition) is 1. The predicted octanol–water partition coefficient (Wildman–Crippen LogP) is 2.61. The average Bonchev–Trinajstić information content (AvgIpc) is 2.69. The number of nitrogens with zero attached hydrogens (tertiary/aromatic N) is 2. The van der Waals surface area contributed by atoms with Crippen LogP contribution in [0.1, 0.15) is 63.7 Å². The molecule has 2 heterocycles. The van der Waals surface area contributed by atoms with Gasteiger partial charge in [0, 0.05) is 23.6 Å². The minimum Gasteiger partial charge on any atom is -0.395 e. The maximum atomic E-state index is 9.55. The molecule has 0 unspecified atom stereocenters. The quantitative estimate of drug-likeness (QED) is 0.876. The topological polar surface area (TPSA) is 38.1 Å². The molecular weight excluding hydrogens is 212 g/mol. The summed E-state index contributed by atoms with van der Waals surface area (Å²) in [7, 11) is 0. The van der Waals surface area contributed by atoms with E-state index in [9.17, 15) is 5.11 Å². The summed E-state index contributed by atoms with van der Waals surface area (Å²) in [4.78, 5) is 4.84. The third-order valence-electron chi connectivity index (χ3n) is 3.70. The predicted molar refractivity (Wildman–Crippen MR) is 69.4 cm³/mol. The van der Waals surface area contributed by atoms with Crippen LogP contribution in [-0.4, -0.2) is 21.3 Å². The van der Waals surface area contributed by atoms with Gasteiger partial charge in [-0.15, -0.1) is 0 Å². The molecule has 0 saturated carbocycles. The van der Waals surface area contributed by atoms with E-state index in [1.54, 1.807) is 0 Å². The number of fused-ring (bicyclic) bond motifs is 1. The van der Waals surface area contributed by atoms with E-state index in [0.29, 0.717) is 5.92 Å². The van der Waals surface area contributed by atoms with Gasteiger partial charge >= 0.3 is 0 Å². The molecule has 1 aliphatic heterocycles. The van der Waals surface area contributed by atoms with Crippen LogP contribution in [0.15, 0.2) is 0 Å². The Morgan fingerprint density at radius 1 is 1.35 bits per heavy atom. The maximum Gasteiger partial charge on any atom is 0.111 e. The minimum atomic E-state index is -0.221. The summed E-state index contributed by atoms with van der Waals surface area (Å²) >= 11 is 0. The molecule has 0 aromatic carbocycles. The third-order valence-corrected chi connectivity index (χ3v) is 3.70. The Labute approximate surface area is 104 Å². The Kier molecular flexibility index (Phi) is 3.30. The zero-order valence-corrected chi connectivity index (χ0v) is 11.5. The number of rotatable bonds is 3. The van der Waals surface area contributed by atoms with E-state index < -0.39 is 0 Å². The van der Waals surface area contributed by atoms with Gasteiger partial charge in [0.15, 0.2) is 0 Å². The number of aliphatic hydroxyl groups excluding tert-OH is 1. The van der Waals surface area contributed by atoms with E-state index in [4.69, 9.17) is 4.98 Å². The average molecular weight is 236 g/mol. The van der Waals surface area contributed by atoms with Crippen LogP contribution in [0.5, 0.6) is 0 Å². The van der Waals surface area contributed by atoms with Crippen LogP contribution in [0, 0.1) is 0 Å². The first-order valence-corrected chi connectivity index (χ1v) is 6.68. The summed E-state index contributed by atoms with van der Waals surface area (Å²) < 4.78 is 2.39. The van der Waals surface area contributed by atoms with Gasteiger partial charge in [0.05, 0.1) is 12.3 Å².